The van der Waals surface area contributed by atoms with E-state index >= 15 is 0 Å². The molecule has 0 radical (unpaired) electrons. The minimum atomic E-state index is -0.874. The van der Waals surface area contributed by atoms with E-state index in [0.717, 1.165) is 6.42 Å². The summed E-state index contributed by atoms with van der Waals surface area (Å²) in [6.45, 7) is 5.79. The Bertz CT molecular complexity index is 317. The lowest BCUT2D eigenvalue weighted by molar-refractivity contribution is -0.158. The van der Waals surface area contributed by atoms with Crippen LogP contribution in [-0.2, 0) is 19.1 Å². The third-order valence-corrected chi connectivity index (χ3v) is 2.94. The van der Waals surface area contributed by atoms with Crippen LogP contribution >= 0.6 is 0 Å². The summed E-state index contributed by atoms with van der Waals surface area (Å²) in [5.74, 6) is -2.45. The first-order valence-electron chi connectivity index (χ1n) is 5.61. The molecular weight excluding hydrogens is 208 g/mol. The highest BCUT2D eigenvalue weighted by molar-refractivity contribution is 6.38. The van der Waals surface area contributed by atoms with Crippen LogP contribution < -0.4 is 0 Å². The Labute approximate surface area is 95.3 Å². The predicted molar refractivity (Wildman–Crippen MR) is 57.8 cm³/mol. The summed E-state index contributed by atoms with van der Waals surface area (Å²) >= 11 is 0. The number of hydrogen-bond donors (Lipinski definition) is 0. The van der Waals surface area contributed by atoms with Crippen molar-refractivity contribution in [2.75, 3.05) is 6.61 Å². The van der Waals surface area contributed by atoms with Crippen molar-refractivity contribution < 1.29 is 19.1 Å². The van der Waals surface area contributed by atoms with Crippen molar-refractivity contribution in [3.8, 4) is 0 Å². The SMILES string of the molecule is CCOC(=O)C(=O)[C@H]1CCC(C)(C)CC1=O. The molecule has 0 spiro atoms. The molecule has 0 aromatic rings. The van der Waals surface area contributed by atoms with Crippen LogP contribution in [0.15, 0.2) is 0 Å². The van der Waals surface area contributed by atoms with E-state index < -0.39 is 17.7 Å². The normalized spacial score (nSPS) is 23.9. The molecule has 4 heteroatoms. The number of carbonyl (C=O) groups is 3. The van der Waals surface area contributed by atoms with E-state index in [0.29, 0.717) is 12.8 Å². The maximum Gasteiger partial charge on any atom is 0.375 e. The Morgan fingerprint density at radius 3 is 2.56 bits per heavy atom. The van der Waals surface area contributed by atoms with E-state index in [-0.39, 0.29) is 17.8 Å². The minimum absolute atomic E-state index is 0.0531. The fourth-order valence-electron chi connectivity index (χ4n) is 2.00. The van der Waals surface area contributed by atoms with Gasteiger partial charge in [-0.05, 0) is 25.2 Å². The molecule has 1 aliphatic rings. The van der Waals surface area contributed by atoms with Crippen LogP contribution in [-0.4, -0.2) is 24.1 Å². The molecule has 0 saturated heterocycles. The molecule has 1 saturated carbocycles. The molecule has 1 aliphatic carbocycles. The molecule has 0 N–H and O–H groups in total. The van der Waals surface area contributed by atoms with E-state index in [1.54, 1.807) is 6.92 Å². The molecule has 1 rings (SSSR count). The van der Waals surface area contributed by atoms with Crippen LogP contribution in [0.2, 0.25) is 0 Å². The molecule has 1 fully saturated rings. The van der Waals surface area contributed by atoms with Gasteiger partial charge in [-0.1, -0.05) is 13.8 Å². The van der Waals surface area contributed by atoms with E-state index in [1.165, 1.54) is 0 Å². The maximum atomic E-state index is 11.7. The van der Waals surface area contributed by atoms with E-state index in [1.807, 2.05) is 13.8 Å². The van der Waals surface area contributed by atoms with Crippen molar-refractivity contribution in [3.63, 3.8) is 0 Å². The molecule has 0 amide bonds. The average molecular weight is 226 g/mol. The monoisotopic (exact) mass is 226 g/mol. The van der Waals surface area contributed by atoms with Crippen molar-refractivity contribution in [2.24, 2.45) is 11.3 Å². The molecule has 0 unspecified atom stereocenters. The van der Waals surface area contributed by atoms with Gasteiger partial charge in [-0.2, -0.15) is 0 Å². The Morgan fingerprint density at radius 2 is 2.06 bits per heavy atom. The maximum absolute atomic E-state index is 11.7. The van der Waals surface area contributed by atoms with Gasteiger partial charge in [0, 0.05) is 6.42 Å². The summed E-state index contributed by atoms with van der Waals surface area (Å²) in [5, 5.41) is 0. The van der Waals surface area contributed by atoms with Crippen molar-refractivity contribution in [1.29, 1.82) is 0 Å². The Morgan fingerprint density at radius 1 is 1.44 bits per heavy atom. The van der Waals surface area contributed by atoms with Crippen molar-refractivity contribution in [2.45, 2.75) is 40.0 Å². The number of ether oxygens (including phenoxy) is 1. The van der Waals surface area contributed by atoms with Crippen LogP contribution in [0.5, 0.6) is 0 Å². The van der Waals surface area contributed by atoms with Crippen LogP contribution in [0.25, 0.3) is 0 Å². The molecule has 0 heterocycles. The van der Waals surface area contributed by atoms with Crippen LogP contribution in [0.1, 0.15) is 40.0 Å². The Kier molecular flexibility index (Phi) is 3.83. The molecule has 90 valence electrons. The number of ketones is 2. The third kappa shape index (κ3) is 2.90. The van der Waals surface area contributed by atoms with Gasteiger partial charge in [-0.25, -0.2) is 4.79 Å². The second kappa shape index (κ2) is 4.76. The first kappa shape index (κ1) is 12.9. The average Bonchev–Trinajstić information content (AvgIpc) is 2.16. The molecule has 16 heavy (non-hydrogen) atoms. The summed E-state index contributed by atoms with van der Waals surface area (Å²) in [6.07, 6.45) is 1.61. The van der Waals surface area contributed by atoms with Crippen molar-refractivity contribution >= 4 is 17.5 Å². The first-order valence-corrected chi connectivity index (χ1v) is 5.61. The van der Waals surface area contributed by atoms with Crippen LogP contribution in [0, 0.1) is 11.3 Å². The second-order valence-electron chi connectivity index (χ2n) is 4.98. The quantitative estimate of drug-likeness (QED) is 0.416. The summed E-state index contributed by atoms with van der Waals surface area (Å²) in [4.78, 5) is 34.6. The van der Waals surface area contributed by atoms with Crippen molar-refractivity contribution in [3.05, 3.63) is 0 Å². The number of hydrogen-bond acceptors (Lipinski definition) is 4. The van der Waals surface area contributed by atoms with Gasteiger partial charge in [0.25, 0.3) is 0 Å². The number of esters is 1. The molecule has 0 aromatic heterocycles. The first-order chi connectivity index (χ1) is 7.37. The fraction of sp³-hybridized carbons (Fsp3) is 0.750. The lowest BCUT2D eigenvalue weighted by Crippen LogP contribution is -2.38. The molecular formula is C12H18O4. The number of Topliss-reactive ketones (excluding diaryl/α,β-unsaturated/α-hetero) is 2. The molecule has 0 bridgehead atoms. The van der Waals surface area contributed by atoms with Gasteiger partial charge < -0.3 is 4.74 Å². The van der Waals surface area contributed by atoms with Gasteiger partial charge in [-0.3, -0.25) is 9.59 Å². The summed E-state index contributed by atoms with van der Waals surface area (Å²) in [7, 11) is 0. The summed E-state index contributed by atoms with van der Waals surface area (Å²) < 4.78 is 4.62. The van der Waals surface area contributed by atoms with Crippen molar-refractivity contribution in [1.82, 2.24) is 0 Å². The minimum Gasteiger partial charge on any atom is -0.460 e. The van der Waals surface area contributed by atoms with E-state index in [4.69, 9.17) is 0 Å². The zero-order valence-corrected chi connectivity index (χ0v) is 10.0. The standard InChI is InChI=1S/C12H18O4/c1-4-16-11(15)10(14)8-5-6-12(2,3)7-9(8)13/h8H,4-7H2,1-3H3/t8-/m0/s1. The largest absolute Gasteiger partial charge is 0.460 e. The second-order valence-corrected chi connectivity index (χ2v) is 4.98. The van der Waals surface area contributed by atoms with Gasteiger partial charge in [0.1, 0.15) is 5.78 Å². The summed E-state index contributed by atoms with van der Waals surface area (Å²) in [6, 6.07) is 0. The molecule has 0 aromatic carbocycles. The Balaban J connectivity index is 2.66. The van der Waals surface area contributed by atoms with Gasteiger partial charge in [0.15, 0.2) is 0 Å². The smallest absolute Gasteiger partial charge is 0.375 e. The lowest BCUT2D eigenvalue weighted by Gasteiger charge is -2.31. The fourth-order valence-corrected chi connectivity index (χ4v) is 2.00. The van der Waals surface area contributed by atoms with Gasteiger partial charge in [-0.15, -0.1) is 0 Å². The summed E-state index contributed by atoms with van der Waals surface area (Å²) in [5.41, 5.74) is -0.0531. The van der Waals surface area contributed by atoms with Crippen LogP contribution in [0.3, 0.4) is 0 Å². The topological polar surface area (TPSA) is 60.4 Å². The molecule has 4 nitrogen and oxygen atoms in total. The number of carbonyl (C=O) groups excluding carboxylic acids is 3. The molecule has 0 aliphatic heterocycles. The predicted octanol–water partition coefficient (Wildman–Crippen LogP) is 1.51. The highest BCUT2D eigenvalue weighted by atomic mass is 16.5. The highest BCUT2D eigenvalue weighted by Gasteiger charge is 2.39. The van der Waals surface area contributed by atoms with Gasteiger partial charge in [0.2, 0.25) is 5.78 Å². The Hall–Kier alpha value is -1.19. The van der Waals surface area contributed by atoms with E-state index in [9.17, 15) is 14.4 Å². The van der Waals surface area contributed by atoms with E-state index in [2.05, 4.69) is 4.74 Å². The number of rotatable bonds is 3. The zero-order chi connectivity index (χ0) is 12.3. The molecule has 1 atom stereocenters. The van der Waals surface area contributed by atoms with Gasteiger partial charge >= 0.3 is 5.97 Å². The lowest BCUT2D eigenvalue weighted by atomic mass is 9.71. The zero-order valence-electron chi connectivity index (χ0n) is 10.0. The third-order valence-electron chi connectivity index (χ3n) is 2.94. The van der Waals surface area contributed by atoms with Crippen LogP contribution in [0.4, 0.5) is 0 Å². The highest BCUT2D eigenvalue weighted by Crippen LogP contribution is 2.36. The van der Waals surface area contributed by atoms with Gasteiger partial charge in [0.05, 0.1) is 12.5 Å².